The average molecular weight is 344 g/mol. The number of hydrogen-bond acceptors (Lipinski definition) is 4. The molecule has 1 atom stereocenters. The quantitative estimate of drug-likeness (QED) is 0.810. The number of carbonyl (C=O) groups is 1. The standard InChI is InChI=1S/C19H24N2O2S/c1-12(2)15-6-3-7-16-17(15)20-19(24-16)21(18(22)13-8-9-13)11-14-5-4-10-23-14/h3,6-7,12-14H,4-5,8-11H2,1-2H3. The molecule has 4 rings (SSSR count). The maximum Gasteiger partial charge on any atom is 0.231 e. The molecule has 1 aromatic heterocycles. The zero-order valence-corrected chi connectivity index (χ0v) is 15.1. The van der Waals surface area contributed by atoms with Gasteiger partial charge in [0.2, 0.25) is 5.91 Å². The lowest BCUT2D eigenvalue weighted by molar-refractivity contribution is -0.120. The van der Waals surface area contributed by atoms with E-state index in [0.717, 1.165) is 47.6 Å². The van der Waals surface area contributed by atoms with Crippen LogP contribution in [0.15, 0.2) is 18.2 Å². The monoisotopic (exact) mass is 344 g/mol. The summed E-state index contributed by atoms with van der Waals surface area (Å²) in [4.78, 5) is 19.6. The van der Waals surface area contributed by atoms with Crippen LogP contribution in [0.3, 0.4) is 0 Å². The van der Waals surface area contributed by atoms with Crippen molar-refractivity contribution in [2.75, 3.05) is 18.1 Å². The maximum absolute atomic E-state index is 12.8. The minimum Gasteiger partial charge on any atom is -0.376 e. The molecule has 1 aliphatic carbocycles. The van der Waals surface area contributed by atoms with E-state index >= 15 is 0 Å². The first-order valence-electron chi connectivity index (χ1n) is 8.96. The van der Waals surface area contributed by atoms with Gasteiger partial charge in [-0.3, -0.25) is 9.69 Å². The molecule has 2 aliphatic rings. The Kier molecular flexibility index (Phi) is 4.31. The summed E-state index contributed by atoms with van der Waals surface area (Å²) in [7, 11) is 0. The van der Waals surface area contributed by atoms with Crippen molar-refractivity contribution < 1.29 is 9.53 Å². The summed E-state index contributed by atoms with van der Waals surface area (Å²) in [6.45, 7) is 5.83. The third-order valence-electron chi connectivity index (χ3n) is 4.89. The van der Waals surface area contributed by atoms with Gasteiger partial charge in [0.05, 0.1) is 22.9 Å². The zero-order chi connectivity index (χ0) is 16.7. The fourth-order valence-corrected chi connectivity index (χ4v) is 4.36. The number of para-hydroxylation sites is 1. The zero-order valence-electron chi connectivity index (χ0n) is 14.3. The number of ether oxygens (including phenoxy) is 1. The third kappa shape index (κ3) is 3.07. The van der Waals surface area contributed by atoms with E-state index in [1.54, 1.807) is 11.3 Å². The Morgan fingerprint density at radius 1 is 1.38 bits per heavy atom. The van der Waals surface area contributed by atoms with Gasteiger partial charge in [0, 0.05) is 12.5 Å². The molecule has 0 bridgehead atoms. The summed E-state index contributed by atoms with van der Waals surface area (Å²) in [5.41, 5.74) is 2.30. The molecule has 1 unspecified atom stereocenters. The van der Waals surface area contributed by atoms with Crippen molar-refractivity contribution in [3.63, 3.8) is 0 Å². The number of fused-ring (bicyclic) bond motifs is 1. The summed E-state index contributed by atoms with van der Waals surface area (Å²) < 4.78 is 6.94. The molecule has 4 nitrogen and oxygen atoms in total. The van der Waals surface area contributed by atoms with Crippen molar-refractivity contribution in [2.45, 2.75) is 51.6 Å². The largest absolute Gasteiger partial charge is 0.376 e. The Morgan fingerprint density at radius 3 is 2.88 bits per heavy atom. The summed E-state index contributed by atoms with van der Waals surface area (Å²) in [6, 6.07) is 6.34. The molecular weight excluding hydrogens is 320 g/mol. The van der Waals surface area contributed by atoms with Crippen LogP contribution in [0.5, 0.6) is 0 Å². The number of benzene rings is 1. The SMILES string of the molecule is CC(C)c1cccc2sc(N(CC3CCCO3)C(=O)C3CC3)nc12. The van der Waals surface area contributed by atoms with E-state index in [0.29, 0.717) is 12.5 Å². The molecule has 1 aliphatic heterocycles. The van der Waals surface area contributed by atoms with E-state index in [9.17, 15) is 4.79 Å². The first-order chi connectivity index (χ1) is 11.6. The van der Waals surface area contributed by atoms with Crippen LogP contribution in [0, 0.1) is 5.92 Å². The van der Waals surface area contributed by atoms with Gasteiger partial charge in [-0.05, 0) is 43.2 Å². The highest BCUT2D eigenvalue weighted by molar-refractivity contribution is 7.22. The Bertz CT molecular complexity index is 745. The Morgan fingerprint density at radius 2 is 2.21 bits per heavy atom. The van der Waals surface area contributed by atoms with E-state index in [1.807, 2.05) is 4.90 Å². The van der Waals surface area contributed by atoms with Gasteiger partial charge in [-0.1, -0.05) is 37.3 Å². The van der Waals surface area contributed by atoms with E-state index < -0.39 is 0 Å². The molecule has 1 saturated heterocycles. The fraction of sp³-hybridized carbons (Fsp3) is 0.579. The van der Waals surface area contributed by atoms with Crippen molar-refractivity contribution >= 4 is 32.6 Å². The molecule has 1 amide bonds. The molecule has 2 aromatic rings. The van der Waals surface area contributed by atoms with Crippen molar-refractivity contribution in [1.29, 1.82) is 0 Å². The number of anilines is 1. The summed E-state index contributed by atoms with van der Waals surface area (Å²) in [6.07, 6.45) is 4.32. The Balaban J connectivity index is 1.69. The van der Waals surface area contributed by atoms with Crippen molar-refractivity contribution in [3.05, 3.63) is 23.8 Å². The molecule has 24 heavy (non-hydrogen) atoms. The predicted molar refractivity (Wildman–Crippen MR) is 97.8 cm³/mol. The van der Waals surface area contributed by atoms with Crippen LogP contribution >= 0.6 is 11.3 Å². The summed E-state index contributed by atoms with van der Waals surface area (Å²) in [5, 5.41) is 0.838. The summed E-state index contributed by atoms with van der Waals surface area (Å²) in [5.74, 6) is 0.855. The highest BCUT2D eigenvalue weighted by Crippen LogP contribution is 2.37. The van der Waals surface area contributed by atoms with Crippen LogP contribution in [0.1, 0.15) is 51.0 Å². The molecule has 1 saturated carbocycles. The molecule has 0 spiro atoms. The van der Waals surface area contributed by atoms with Crippen molar-refractivity contribution in [3.8, 4) is 0 Å². The molecule has 1 aromatic carbocycles. The lowest BCUT2D eigenvalue weighted by Crippen LogP contribution is -2.38. The highest BCUT2D eigenvalue weighted by atomic mass is 32.1. The Hall–Kier alpha value is -1.46. The number of aromatic nitrogens is 1. The normalized spacial score (nSPS) is 20.9. The van der Waals surface area contributed by atoms with Crippen molar-refractivity contribution in [2.24, 2.45) is 5.92 Å². The van der Waals surface area contributed by atoms with Crippen molar-refractivity contribution in [1.82, 2.24) is 4.98 Å². The van der Waals surface area contributed by atoms with Crippen LogP contribution in [0.25, 0.3) is 10.2 Å². The summed E-state index contributed by atoms with van der Waals surface area (Å²) >= 11 is 1.63. The molecule has 0 radical (unpaired) electrons. The fourth-order valence-electron chi connectivity index (χ4n) is 3.34. The van der Waals surface area contributed by atoms with Gasteiger partial charge in [0.1, 0.15) is 0 Å². The Labute approximate surface area is 146 Å². The first kappa shape index (κ1) is 16.0. The second kappa shape index (κ2) is 6.45. The van der Waals surface area contributed by atoms with Crippen LogP contribution in [0.4, 0.5) is 5.13 Å². The smallest absolute Gasteiger partial charge is 0.231 e. The average Bonchev–Trinajstić information content (AvgIpc) is 3.12. The highest BCUT2D eigenvalue weighted by Gasteiger charge is 2.36. The first-order valence-corrected chi connectivity index (χ1v) is 9.77. The van der Waals surface area contributed by atoms with E-state index in [2.05, 4.69) is 32.0 Å². The molecule has 2 heterocycles. The van der Waals surface area contributed by atoms with Crippen LogP contribution in [0.2, 0.25) is 0 Å². The molecule has 2 fully saturated rings. The van der Waals surface area contributed by atoms with E-state index in [4.69, 9.17) is 9.72 Å². The number of hydrogen-bond donors (Lipinski definition) is 0. The second-order valence-corrected chi connectivity index (χ2v) is 8.21. The maximum atomic E-state index is 12.8. The third-order valence-corrected chi connectivity index (χ3v) is 5.94. The van der Waals surface area contributed by atoms with Crippen LogP contribution in [-0.4, -0.2) is 30.1 Å². The van der Waals surface area contributed by atoms with Gasteiger partial charge >= 0.3 is 0 Å². The van der Waals surface area contributed by atoms with Crippen LogP contribution < -0.4 is 4.90 Å². The lowest BCUT2D eigenvalue weighted by atomic mass is 10.0. The molecule has 5 heteroatoms. The number of thiazole rings is 1. The van der Waals surface area contributed by atoms with Crippen LogP contribution in [-0.2, 0) is 9.53 Å². The lowest BCUT2D eigenvalue weighted by Gasteiger charge is -2.23. The molecular formula is C19H24N2O2S. The topological polar surface area (TPSA) is 42.4 Å². The van der Waals surface area contributed by atoms with E-state index in [-0.39, 0.29) is 17.9 Å². The second-order valence-electron chi connectivity index (χ2n) is 7.20. The number of amides is 1. The minimum atomic E-state index is 0.157. The molecule has 128 valence electrons. The number of rotatable bonds is 5. The van der Waals surface area contributed by atoms with Gasteiger partial charge in [0.15, 0.2) is 5.13 Å². The number of carbonyl (C=O) groups excluding carboxylic acids is 1. The van der Waals surface area contributed by atoms with Gasteiger partial charge in [-0.15, -0.1) is 0 Å². The van der Waals surface area contributed by atoms with Gasteiger partial charge in [0.25, 0.3) is 0 Å². The van der Waals surface area contributed by atoms with E-state index in [1.165, 1.54) is 5.56 Å². The van der Waals surface area contributed by atoms with Gasteiger partial charge < -0.3 is 4.74 Å². The predicted octanol–water partition coefficient (Wildman–Crippen LogP) is 4.34. The van der Waals surface area contributed by atoms with Gasteiger partial charge in [-0.25, -0.2) is 4.98 Å². The number of nitrogens with zero attached hydrogens (tertiary/aromatic N) is 2. The minimum absolute atomic E-state index is 0.157. The van der Waals surface area contributed by atoms with Gasteiger partial charge in [-0.2, -0.15) is 0 Å². The molecule has 0 N–H and O–H groups in total.